The number of hydrogen-bond acceptors (Lipinski definition) is 2. The lowest BCUT2D eigenvalue weighted by Gasteiger charge is -2.25. The minimum absolute atomic E-state index is 0.622. The highest BCUT2D eigenvalue weighted by atomic mass is 79.9. The zero-order valence-corrected chi connectivity index (χ0v) is 13.1. The van der Waals surface area contributed by atoms with Crippen LogP contribution in [0.1, 0.15) is 27.7 Å². The third-order valence-corrected chi connectivity index (χ3v) is 3.75. The highest BCUT2D eigenvalue weighted by Crippen LogP contribution is 2.25. The Morgan fingerprint density at radius 2 is 1.88 bits per heavy atom. The van der Waals surface area contributed by atoms with Gasteiger partial charge in [-0.1, -0.05) is 39.3 Å². The maximum atomic E-state index is 6.12. The van der Waals surface area contributed by atoms with E-state index < -0.39 is 0 Å². The Hall–Kier alpha value is -0.280. The Labute approximate surface area is 117 Å². The molecule has 2 nitrogen and oxygen atoms in total. The highest BCUT2D eigenvalue weighted by Gasteiger charge is 2.17. The first-order chi connectivity index (χ1) is 7.91. The Balaban J connectivity index is 2.65. The number of nitrogens with one attached hydrogen (secondary N) is 1. The molecule has 4 heteroatoms. The summed E-state index contributed by atoms with van der Waals surface area (Å²) in [6, 6.07) is 1.86. The average molecular weight is 320 g/mol. The third-order valence-electron chi connectivity index (χ3n) is 3.03. The molecule has 96 valence electrons. The average Bonchev–Trinajstić information content (AvgIpc) is 2.20. The molecule has 1 heterocycles. The molecule has 1 aromatic rings. The molecular weight excluding hydrogens is 300 g/mol. The first-order valence-electron chi connectivity index (χ1n) is 5.96. The van der Waals surface area contributed by atoms with Crippen LogP contribution in [-0.2, 0) is 0 Å². The molecular formula is C13H20BrClN2. The van der Waals surface area contributed by atoms with Crippen LogP contribution >= 0.6 is 27.5 Å². The van der Waals surface area contributed by atoms with Crippen LogP contribution in [0.4, 0.5) is 5.82 Å². The summed E-state index contributed by atoms with van der Waals surface area (Å²) in [5.74, 6) is 2.69. The third kappa shape index (κ3) is 4.47. The van der Waals surface area contributed by atoms with E-state index in [0.717, 1.165) is 16.8 Å². The fraction of sp³-hybridized carbons (Fsp3) is 0.615. The summed E-state index contributed by atoms with van der Waals surface area (Å²) in [4.78, 5) is 4.28. The van der Waals surface area contributed by atoms with Gasteiger partial charge in [-0.15, -0.1) is 0 Å². The highest BCUT2D eigenvalue weighted by molar-refractivity contribution is 9.10. The van der Waals surface area contributed by atoms with Crippen LogP contribution in [0.2, 0.25) is 5.02 Å². The van der Waals surface area contributed by atoms with Crippen molar-refractivity contribution in [2.45, 2.75) is 27.7 Å². The van der Waals surface area contributed by atoms with E-state index >= 15 is 0 Å². The molecule has 0 saturated carbocycles. The lowest BCUT2D eigenvalue weighted by molar-refractivity contribution is 0.304. The van der Waals surface area contributed by atoms with E-state index in [1.807, 2.05) is 6.07 Å². The van der Waals surface area contributed by atoms with Crippen molar-refractivity contribution in [1.29, 1.82) is 0 Å². The topological polar surface area (TPSA) is 24.9 Å². The Morgan fingerprint density at radius 1 is 1.29 bits per heavy atom. The molecule has 0 fully saturated rings. The monoisotopic (exact) mass is 318 g/mol. The van der Waals surface area contributed by atoms with Crippen LogP contribution in [0.3, 0.4) is 0 Å². The fourth-order valence-corrected chi connectivity index (χ4v) is 2.70. The standard InChI is InChI=1S/C13H20BrClN2/c1-8(2)11(9(3)4)7-17-13-12(15)5-10(14)6-16-13/h5-6,8-9,11H,7H2,1-4H3,(H,16,17). The molecule has 0 atom stereocenters. The molecule has 0 aliphatic rings. The van der Waals surface area contributed by atoms with Gasteiger partial charge in [0.25, 0.3) is 0 Å². The van der Waals surface area contributed by atoms with E-state index in [4.69, 9.17) is 11.6 Å². The Kier molecular flexibility index (Phi) is 5.74. The lowest BCUT2D eigenvalue weighted by Crippen LogP contribution is -2.24. The second kappa shape index (κ2) is 6.60. The maximum absolute atomic E-state index is 6.12. The van der Waals surface area contributed by atoms with Gasteiger partial charge in [-0.25, -0.2) is 4.98 Å². The van der Waals surface area contributed by atoms with Gasteiger partial charge in [0.2, 0.25) is 0 Å². The first-order valence-corrected chi connectivity index (χ1v) is 7.13. The van der Waals surface area contributed by atoms with Gasteiger partial charge in [0, 0.05) is 17.2 Å². The molecule has 0 spiro atoms. The number of anilines is 1. The van der Waals surface area contributed by atoms with Crippen molar-refractivity contribution in [1.82, 2.24) is 4.98 Å². The zero-order valence-electron chi connectivity index (χ0n) is 10.8. The molecule has 17 heavy (non-hydrogen) atoms. The molecule has 0 saturated heterocycles. The summed E-state index contributed by atoms with van der Waals surface area (Å²) in [7, 11) is 0. The van der Waals surface area contributed by atoms with Gasteiger partial charge in [0.05, 0.1) is 5.02 Å². The first kappa shape index (κ1) is 14.8. The molecule has 0 unspecified atom stereocenters. The predicted molar refractivity (Wildman–Crippen MR) is 78.6 cm³/mol. The molecule has 0 amide bonds. The van der Waals surface area contributed by atoms with E-state index in [1.165, 1.54) is 0 Å². The van der Waals surface area contributed by atoms with Crippen LogP contribution in [0.25, 0.3) is 0 Å². The van der Waals surface area contributed by atoms with Gasteiger partial charge in [0.15, 0.2) is 0 Å². The number of aromatic nitrogens is 1. The summed E-state index contributed by atoms with van der Waals surface area (Å²) in [6.45, 7) is 9.92. The van der Waals surface area contributed by atoms with Gasteiger partial charge in [-0.2, -0.15) is 0 Å². The van der Waals surface area contributed by atoms with E-state index in [-0.39, 0.29) is 0 Å². The van der Waals surface area contributed by atoms with Crippen molar-refractivity contribution in [3.63, 3.8) is 0 Å². The van der Waals surface area contributed by atoms with Crippen LogP contribution in [0.5, 0.6) is 0 Å². The van der Waals surface area contributed by atoms with Gasteiger partial charge in [-0.05, 0) is 39.8 Å². The summed E-state index contributed by atoms with van der Waals surface area (Å²) >= 11 is 9.47. The summed E-state index contributed by atoms with van der Waals surface area (Å²) in [5.41, 5.74) is 0. The molecule has 0 aliphatic carbocycles. The SMILES string of the molecule is CC(C)C(CNc1ncc(Br)cc1Cl)C(C)C. The van der Waals surface area contributed by atoms with Gasteiger partial charge in [-0.3, -0.25) is 0 Å². The lowest BCUT2D eigenvalue weighted by atomic mass is 9.85. The smallest absolute Gasteiger partial charge is 0.144 e. The van der Waals surface area contributed by atoms with E-state index in [2.05, 4.69) is 53.9 Å². The molecule has 1 N–H and O–H groups in total. The maximum Gasteiger partial charge on any atom is 0.144 e. The molecule has 0 aromatic carbocycles. The van der Waals surface area contributed by atoms with E-state index in [1.54, 1.807) is 6.20 Å². The quantitative estimate of drug-likeness (QED) is 0.840. The zero-order chi connectivity index (χ0) is 13.0. The number of pyridine rings is 1. The number of rotatable bonds is 5. The van der Waals surface area contributed by atoms with Crippen molar-refractivity contribution in [3.8, 4) is 0 Å². The van der Waals surface area contributed by atoms with E-state index in [0.29, 0.717) is 22.8 Å². The van der Waals surface area contributed by atoms with Crippen molar-refractivity contribution < 1.29 is 0 Å². The van der Waals surface area contributed by atoms with Crippen LogP contribution < -0.4 is 5.32 Å². The largest absolute Gasteiger partial charge is 0.369 e. The number of nitrogens with zero attached hydrogens (tertiary/aromatic N) is 1. The number of halogens is 2. The van der Waals surface area contributed by atoms with Gasteiger partial charge >= 0.3 is 0 Å². The van der Waals surface area contributed by atoms with Gasteiger partial charge in [0.1, 0.15) is 5.82 Å². The van der Waals surface area contributed by atoms with Crippen molar-refractivity contribution >= 4 is 33.3 Å². The summed E-state index contributed by atoms with van der Waals surface area (Å²) < 4.78 is 0.900. The van der Waals surface area contributed by atoms with Crippen molar-refractivity contribution in [2.75, 3.05) is 11.9 Å². The van der Waals surface area contributed by atoms with Crippen molar-refractivity contribution in [3.05, 3.63) is 21.8 Å². The predicted octanol–water partition coefficient (Wildman–Crippen LogP) is 4.84. The normalized spacial score (nSPS) is 11.6. The molecule has 0 aliphatic heterocycles. The Morgan fingerprint density at radius 3 is 2.35 bits per heavy atom. The van der Waals surface area contributed by atoms with Crippen LogP contribution in [-0.4, -0.2) is 11.5 Å². The molecule has 1 rings (SSSR count). The van der Waals surface area contributed by atoms with E-state index in [9.17, 15) is 0 Å². The minimum atomic E-state index is 0.622. The van der Waals surface area contributed by atoms with Crippen molar-refractivity contribution in [2.24, 2.45) is 17.8 Å². The van der Waals surface area contributed by atoms with Gasteiger partial charge < -0.3 is 5.32 Å². The summed E-state index contributed by atoms with van der Waals surface area (Å²) in [6.07, 6.45) is 1.76. The Bertz CT molecular complexity index is 358. The van der Waals surface area contributed by atoms with Crippen LogP contribution in [0, 0.1) is 17.8 Å². The molecule has 0 bridgehead atoms. The van der Waals surface area contributed by atoms with Crippen LogP contribution in [0.15, 0.2) is 16.7 Å². The minimum Gasteiger partial charge on any atom is -0.369 e. The number of hydrogen-bond donors (Lipinski definition) is 1. The second-order valence-corrected chi connectivity index (χ2v) is 6.34. The second-order valence-electron chi connectivity index (χ2n) is 5.02. The fourth-order valence-electron chi connectivity index (χ4n) is 2.00. The summed E-state index contributed by atoms with van der Waals surface area (Å²) in [5, 5.41) is 4.00. The molecule has 1 aromatic heterocycles. The molecule has 0 radical (unpaired) electrons.